The van der Waals surface area contributed by atoms with Crippen LogP contribution in [-0.2, 0) is 34.0 Å². The van der Waals surface area contributed by atoms with Crippen molar-refractivity contribution in [1.82, 2.24) is 0 Å². The van der Waals surface area contributed by atoms with Gasteiger partial charge < -0.3 is 28.4 Å². The van der Waals surface area contributed by atoms with Gasteiger partial charge in [-0.3, -0.25) is 4.79 Å². The summed E-state index contributed by atoms with van der Waals surface area (Å²) in [5, 5.41) is 0. The van der Waals surface area contributed by atoms with Crippen molar-refractivity contribution in [3.05, 3.63) is 158 Å². The zero-order valence-corrected chi connectivity index (χ0v) is 27.8. The van der Waals surface area contributed by atoms with Gasteiger partial charge in [0.1, 0.15) is 37.6 Å². The molecule has 0 atom stereocenters. The molecule has 0 heterocycles. The molecule has 0 saturated heterocycles. The van der Waals surface area contributed by atoms with E-state index >= 15 is 0 Å². The Bertz CT molecular complexity index is 1420. The lowest BCUT2D eigenvalue weighted by molar-refractivity contribution is -0.139. The molecule has 1 aliphatic carbocycles. The van der Waals surface area contributed by atoms with Gasteiger partial charge in [-0.15, -0.1) is 0 Å². The number of rotatable bonds is 20. The number of methoxy groups -OCH3 is 1. The Balaban J connectivity index is 0.00000189. The molecule has 0 aliphatic heterocycles. The highest BCUT2D eigenvalue weighted by Crippen LogP contribution is 2.57. The molecule has 3 rings (SSSR count). The zero-order valence-electron chi connectivity index (χ0n) is 27.8. The van der Waals surface area contributed by atoms with E-state index in [1.807, 2.05) is 48.6 Å². The van der Waals surface area contributed by atoms with Crippen LogP contribution in [0.2, 0.25) is 0 Å². The highest BCUT2D eigenvalue weighted by atomic mass is 16.6. The average molecular weight is 655 g/mol. The molecule has 8 nitrogen and oxygen atoms in total. The molecule has 0 bridgehead atoms. The predicted octanol–water partition coefficient (Wildman–Crippen LogP) is 6.86. The maximum absolute atomic E-state index is 11.1. The third-order valence-electron chi connectivity index (χ3n) is 7.13. The molecular formula is C40H46O8. The Morgan fingerprint density at radius 2 is 1.06 bits per heavy atom. The van der Waals surface area contributed by atoms with E-state index in [9.17, 15) is 4.79 Å². The molecule has 0 radical (unpaired) electrons. The van der Waals surface area contributed by atoms with Crippen molar-refractivity contribution in [1.29, 1.82) is 0 Å². The van der Waals surface area contributed by atoms with Gasteiger partial charge in [0.05, 0.1) is 38.4 Å². The number of carbonyl (C=O) groups is 2. The van der Waals surface area contributed by atoms with Crippen LogP contribution < -0.4 is 9.47 Å². The van der Waals surface area contributed by atoms with Crippen LogP contribution in [0.3, 0.4) is 0 Å². The van der Waals surface area contributed by atoms with E-state index in [2.05, 4.69) is 51.6 Å². The van der Waals surface area contributed by atoms with Gasteiger partial charge in [0.15, 0.2) is 0 Å². The van der Waals surface area contributed by atoms with Crippen molar-refractivity contribution >= 4 is 12.3 Å². The number of esters is 1. The minimum atomic E-state index is -0.719. The quantitative estimate of drug-likeness (QED) is 0.0662. The second kappa shape index (κ2) is 21.7. The normalized spacial score (nSPS) is 14.9. The van der Waals surface area contributed by atoms with Gasteiger partial charge in [0.25, 0.3) is 0 Å². The highest BCUT2D eigenvalue weighted by molar-refractivity contribution is 5.81. The third-order valence-corrected chi connectivity index (χ3v) is 7.13. The molecule has 0 spiro atoms. The minimum absolute atomic E-state index is 0.162. The first-order chi connectivity index (χ1) is 23.3. The monoisotopic (exact) mass is 654 g/mol. The fourth-order valence-corrected chi connectivity index (χ4v) is 5.04. The van der Waals surface area contributed by atoms with Crippen LogP contribution in [0.4, 0.5) is 0 Å². The first kappa shape index (κ1) is 39.2. The van der Waals surface area contributed by atoms with Crippen LogP contribution in [0, 0.1) is 0 Å². The molecule has 8 heteroatoms. The van der Waals surface area contributed by atoms with E-state index < -0.39 is 11.4 Å². The van der Waals surface area contributed by atoms with E-state index in [1.165, 1.54) is 6.08 Å². The molecule has 2 aromatic rings. The maximum atomic E-state index is 11.1. The number of allylic oxidation sites excluding steroid dienone is 9. The molecular weight excluding hydrogens is 608 g/mol. The summed E-state index contributed by atoms with van der Waals surface area (Å²) in [4.78, 5) is 20.2. The molecule has 0 unspecified atom stereocenters. The summed E-state index contributed by atoms with van der Waals surface area (Å²) in [5.74, 6) is 0.961. The van der Waals surface area contributed by atoms with E-state index in [4.69, 9.17) is 33.2 Å². The molecule has 254 valence electrons. The van der Waals surface area contributed by atoms with Gasteiger partial charge >= 0.3 is 5.97 Å². The summed E-state index contributed by atoms with van der Waals surface area (Å²) in [6.45, 7) is 26.3. The van der Waals surface area contributed by atoms with Crippen molar-refractivity contribution in [2.45, 2.75) is 5.41 Å². The van der Waals surface area contributed by atoms with Crippen molar-refractivity contribution < 1.29 is 38.0 Å². The van der Waals surface area contributed by atoms with Crippen LogP contribution in [0.25, 0.3) is 0 Å². The fraction of sp³-hybridized carbons (Fsp3) is 0.250. The Morgan fingerprint density at radius 3 is 1.44 bits per heavy atom. The first-order valence-corrected chi connectivity index (χ1v) is 15.4. The average Bonchev–Trinajstić information content (AvgIpc) is 3.32. The molecule has 0 aromatic heterocycles. The summed E-state index contributed by atoms with van der Waals surface area (Å²) in [7, 11) is 1.64. The SMILES string of the molecule is C=C/C=C1\C(=C)C(=C)/C(=C\C=C)C1(c1ccc(OCCOCCOC)cc1)c1ccc(OCCOCCOC(=O)C=C)cc1.C=CC=O. The number of aldehydes is 1. The fourth-order valence-electron chi connectivity index (χ4n) is 5.04. The van der Waals surface area contributed by atoms with Crippen molar-refractivity contribution in [2.24, 2.45) is 0 Å². The lowest BCUT2D eigenvalue weighted by atomic mass is 9.67. The Morgan fingerprint density at radius 1 is 0.646 bits per heavy atom. The van der Waals surface area contributed by atoms with E-state index in [1.54, 1.807) is 19.3 Å². The molecule has 2 aromatic carbocycles. The standard InChI is InChI=1S/C37H42O7.C3H4O/c1-7-10-34-28(4)29(5)35(11-8-2)37(34,30-12-16-32(17-13-30)42-25-22-40-21-20-39-6)31-14-18-33(19-15-31)43-26-23-41-24-27-44-36(38)9-3;1-2-3-4/h7-19H,1-5,20-27H2,6H3;2-3H,1H2/b34-10+,35-11+;. The second-order valence-electron chi connectivity index (χ2n) is 10.0. The Hall–Kier alpha value is -5.02. The van der Waals surface area contributed by atoms with Crippen LogP contribution >= 0.6 is 0 Å². The number of hydrogen-bond acceptors (Lipinski definition) is 8. The van der Waals surface area contributed by atoms with Gasteiger partial charge in [0.2, 0.25) is 0 Å². The van der Waals surface area contributed by atoms with Crippen LogP contribution in [0.15, 0.2) is 147 Å². The van der Waals surface area contributed by atoms with E-state index in [0.29, 0.717) is 51.7 Å². The third kappa shape index (κ3) is 10.8. The van der Waals surface area contributed by atoms with Gasteiger partial charge in [-0.1, -0.05) is 88.0 Å². The van der Waals surface area contributed by atoms with E-state index in [-0.39, 0.29) is 13.2 Å². The summed E-state index contributed by atoms with van der Waals surface area (Å²) in [5.41, 5.74) is 4.93. The van der Waals surface area contributed by atoms with Gasteiger partial charge in [-0.05, 0) is 63.8 Å². The Kier molecular flexibility index (Phi) is 17.7. The molecule has 0 N–H and O–H groups in total. The molecule has 1 saturated carbocycles. The molecule has 1 aliphatic rings. The topological polar surface area (TPSA) is 89.5 Å². The van der Waals surface area contributed by atoms with Crippen LogP contribution in [0.5, 0.6) is 11.5 Å². The van der Waals surface area contributed by atoms with E-state index in [0.717, 1.165) is 45.2 Å². The van der Waals surface area contributed by atoms with Gasteiger partial charge in [-0.2, -0.15) is 0 Å². The molecule has 1 fully saturated rings. The lowest BCUT2D eigenvalue weighted by Crippen LogP contribution is -2.28. The number of hydrogen-bond donors (Lipinski definition) is 0. The smallest absolute Gasteiger partial charge is 0.330 e. The highest BCUT2D eigenvalue weighted by Gasteiger charge is 2.49. The number of benzene rings is 2. The minimum Gasteiger partial charge on any atom is -0.491 e. The maximum Gasteiger partial charge on any atom is 0.330 e. The van der Waals surface area contributed by atoms with Gasteiger partial charge in [0, 0.05) is 13.2 Å². The molecule has 0 amide bonds. The number of ether oxygens (including phenoxy) is 6. The van der Waals surface area contributed by atoms with Crippen LogP contribution in [-0.4, -0.2) is 72.2 Å². The van der Waals surface area contributed by atoms with Crippen molar-refractivity contribution in [2.75, 3.05) is 60.0 Å². The predicted molar refractivity (Wildman–Crippen MR) is 190 cm³/mol. The number of carbonyl (C=O) groups excluding carboxylic acids is 2. The summed E-state index contributed by atoms with van der Waals surface area (Å²) in [6.07, 6.45) is 10.5. The van der Waals surface area contributed by atoms with Crippen LogP contribution in [0.1, 0.15) is 11.1 Å². The first-order valence-electron chi connectivity index (χ1n) is 15.4. The summed E-state index contributed by atoms with van der Waals surface area (Å²) < 4.78 is 32.7. The molecule has 48 heavy (non-hydrogen) atoms. The van der Waals surface area contributed by atoms with Crippen molar-refractivity contribution in [3.63, 3.8) is 0 Å². The lowest BCUT2D eigenvalue weighted by Gasteiger charge is -2.34. The summed E-state index contributed by atoms with van der Waals surface area (Å²) >= 11 is 0. The summed E-state index contributed by atoms with van der Waals surface area (Å²) in [6, 6.07) is 16.0. The van der Waals surface area contributed by atoms with Crippen molar-refractivity contribution in [3.8, 4) is 11.5 Å². The van der Waals surface area contributed by atoms with Gasteiger partial charge in [-0.25, -0.2) is 4.79 Å². The Labute approximate surface area is 284 Å². The zero-order chi connectivity index (χ0) is 35.2. The largest absolute Gasteiger partial charge is 0.491 e. The second-order valence-corrected chi connectivity index (χ2v) is 10.0.